The van der Waals surface area contributed by atoms with Gasteiger partial charge in [-0.1, -0.05) is 18.2 Å². The van der Waals surface area contributed by atoms with Crippen molar-refractivity contribution in [1.29, 1.82) is 0 Å². The van der Waals surface area contributed by atoms with Crippen molar-refractivity contribution in [3.8, 4) is 0 Å². The number of esters is 1. The molecule has 94 valence electrons. The summed E-state index contributed by atoms with van der Waals surface area (Å²) in [6.07, 6.45) is 3.33. The molecule has 0 spiro atoms. The molecule has 0 saturated carbocycles. The second-order valence-electron chi connectivity index (χ2n) is 3.95. The van der Waals surface area contributed by atoms with Crippen LogP contribution in [0.25, 0.3) is 10.9 Å². The van der Waals surface area contributed by atoms with E-state index in [1.54, 1.807) is 6.92 Å². The summed E-state index contributed by atoms with van der Waals surface area (Å²) >= 11 is 0. The van der Waals surface area contributed by atoms with Crippen LogP contribution in [0.3, 0.4) is 0 Å². The number of hydrogen-bond donors (Lipinski definition) is 2. The number of fused-ring (bicyclic) bond motifs is 1. The first-order chi connectivity index (χ1) is 8.70. The number of anilines is 1. The molecular formula is C14H16N2O2. The van der Waals surface area contributed by atoms with Crippen LogP contribution in [0.15, 0.2) is 42.2 Å². The van der Waals surface area contributed by atoms with Crippen LogP contribution >= 0.6 is 0 Å². The van der Waals surface area contributed by atoms with Gasteiger partial charge in [-0.3, -0.25) is 0 Å². The highest BCUT2D eigenvalue weighted by molar-refractivity contribution is 5.93. The number of rotatable bonds is 4. The van der Waals surface area contributed by atoms with Gasteiger partial charge in [0.25, 0.3) is 0 Å². The Labute approximate surface area is 106 Å². The van der Waals surface area contributed by atoms with Gasteiger partial charge in [0.1, 0.15) is 0 Å². The quantitative estimate of drug-likeness (QED) is 0.642. The highest BCUT2D eigenvalue weighted by Gasteiger charge is 2.03. The molecule has 18 heavy (non-hydrogen) atoms. The van der Waals surface area contributed by atoms with Crippen molar-refractivity contribution in [3.05, 3.63) is 42.2 Å². The molecule has 0 atom stereocenters. The molecule has 2 N–H and O–H groups in total. The lowest BCUT2D eigenvalue weighted by Crippen LogP contribution is -2.04. The molecule has 1 aromatic heterocycles. The normalized spacial score (nSPS) is 11.6. The lowest BCUT2D eigenvalue weighted by molar-refractivity contribution is -0.137. The molecule has 0 saturated heterocycles. The third kappa shape index (κ3) is 2.71. The van der Waals surface area contributed by atoms with E-state index in [0.29, 0.717) is 6.61 Å². The highest BCUT2D eigenvalue weighted by atomic mass is 16.5. The van der Waals surface area contributed by atoms with Crippen molar-refractivity contribution >= 4 is 22.6 Å². The fourth-order valence-corrected chi connectivity index (χ4v) is 1.78. The molecule has 2 aromatic rings. The Balaban J connectivity index is 2.16. The molecule has 4 heteroatoms. The Bertz CT molecular complexity index is 584. The van der Waals surface area contributed by atoms with Gasteiger partial charge in [-0.25, -0.2) is 4.79 Å². The number of ether oxygens (including phenoxy) is 1. The second-order valence-corrected chi connectivity index (χ2v) is 3.95. The van der Waals surface area contributed by atoms with Gasteiger partial charge in [0.2, 0.25) is 0 Å². The SMILES string of the molecule is CCOC(=O)/C=C(\C)Nc1c[nH]c2ccccc12. The molecule has 0 radical (unpaired) electrons. The van der Waals surface area contributed by atoms with Gasteiger partial charge >= 0.3 is 5.97 Å². The lowest BCUT2D eigenvalue weighted by Gasteiger charge is -2.05. The maximum Gasteiger partial charge on any atom is 0.332 e. The zero-order valence-corrected chi connectivity index (χ0v) is 10.5. The average molecular weight is 244 g/mol. The first-order valence-corrected chi connectivity index (χ1v) is 5.89. The number of para-hydroxylation sites is 1. The fourth-order valence-electron chi connectivity index (χ4n) is 1.78. The van der Waals surface area contributed by atoms with Crippen molar-refractivity contribution in [2.75, 3.05) is 11.9 Å². The summed E-state index contributed by atoms with van der Waals surface area (Å²) in [6.45, 7) is 4.00. The van der Waals surface area contributed by atoms with E-state index in [1.807, 2.05) is 37.4 Å². The number of aromatic amines is 1. The maximum atomic E-state index is 11.3. The minimum atomic E-state index is -0.331. The van der Waals surface area contributed by atoms with Gasteiger partial charge in [-0.15, -0.1) is 0 Å². The van der Waals surface area contributed by atoms with Crippen molar-refractivity contribution < 1.29 is 9.53 Å². The molecule has 0 unspecified atom stereocenters. The van der Waals surface area contributed by atoms with Gasteiger partial charge in [0.15, 0.2) is 0 Å². The molecule has 1 aromatic carbocycles. The zero-order valence-electron chi connectivity index (χ0n) is 10.5. The van der Waals surface area contributed by atoms with Gasteiger partial charge in [0, 0.05) is 28.9 Å². The summed E-state index contributed by atoms with van der Waals surface area (Å²) in [7, 11) is 0. The molecule has 1 heterocycles. The Morgan fingerprint density at radius 3 is 3.00 bits per heavy atom. The number of carbonyl (C=O) groups is 1. The molecule has 2 rings (SSSR count). The minimum absolute atomic E-state index is 0.331. The molecule has 0 aliphatic heterocycles. The molecule has 4 nitrogen and oxygen atoms in total. The first-order valence-electron chi connectivity index (χ1n) is 5.89. The number of allylic oxidation sites excluding steroid dienone is 1. The van der Waals surface area contributed by atoms with Gasteiger partial charge in [-0.2, -0.15) is 0 Å². The van der Waals surface area contributed by atoms with Crippen LogP contribution in [-0.2, 0) is 9.53 Å². The topological polar surface area (TPSA) is 54.1 Å². The summed E-state index contributed by atoms with van der Waals surface area (Å²) < 4.78 is 4.86. The molecule has 0 aliphatic carbocycles. The third-order valence-electron chi connectivity index (χ3n) is 2.54. The zero-order chi connectivity index (χ0) is 13.0. The van der Waals surface area contributed by atoms with Gasteiger partial charge in [0.05, 0.1) is 12.3 Å². The van der Waals surface area contributed by atoms with E-state index in [0.717, 1.165) is 22.3 Å². The van der Waals surface area contributed by atoms with E-state index in [4.69, 9.17) is 4.74 Å². The maximum absolute atomic E-state index is 11.3. The van der Waals surface area contributed by atoms with E-state index in [-0.39, 0.29) is 5.97 Å². The number of nitrogens with one attached hydrogen (secondary N) is 2. The number of benzene rings is 1. The van der Waals surface area contributed by atoms with Crippen molar-refractivity contribution in [1.82, 2.24) is 4.98 Å². The summed E-state index contributed by atoms with van der Waals surface area (Å²) in [6, 6.07) is 7.98. The predicted octanol–water partition coefficient (Wildman–Crippen LogP) is 3.05. The number of H-pyrrole nitrogens is 1. The fraction of sp³-hybridized carbons (Fsp3) is 0.214. The van der Waals surface area contributed by atoms with Crippen LogP contribution in [0, 0.1) is 0 Å². The summed E-state index contributed by atoms with van der Waals surface area (Å²) in [5, 5.41) is 4.27. The largest absolute Gasteiger partial charge is 0.463 e. The lowest BCUT2D eigenvalue weighted by atomic mass is 10.2. The minimum Gasteiger partial charge on any atom is -0.463 e. The molecule has 0 aliphatic rings. The van der Waals surface area contributed by atoms with E-state index >= 15 is 0 Å². The molecule has 0 amide bonds. The smallest absolute Gasteiger partial charge is 0.332 e. The van der Waals surface area contributed by atoms with Crippen molar-refractivity contribution in [2.24, 2.45) is 0 Å². The van der Waals surface area contributed by atoms with E-state index < -0.39 is 0 Å². The second kappa shape index (κ2) is 5.40. The van der Waals surface area contributed by atoms with Crippen molar-refractivity contribution in [2.45, 2.75) is 13.8 Å². The van der Waals surface area contributed by atoms with Crippen LogP contribution < -0.4 is 5.32 Å². The van der Waals surface area contributed by atoms with Gasteiger partial charge < -0.3 is 15.0 Å². The Kier molecular flexibility index (Phi) is 3.67. The van der Waals surface area contributed by atoms with Crippen molar-refractivity contribution in [3.63, 3.8) is 0 Å². The van der Waals surface area contributed by atoms with Crippen LogP contribution in [-0.4, -0.2) is 17.6 Å². The van der Waals surface area contributed by atoms with E-state index in [9.17, 15) is 4.79 Å². The number of carbonyl (C=O) groups excluding carboxylic acids is 1. The van der Waals surface area contributed by atoms with Gasteiger partial charge in [-0.05, 0) is 19.9 Å². The van der Waals surface area contributed by atoms with Crippen LogP contribution in [0.5, 0.6) is 0 Å². The van der Waals surface area contributed by atoms with Crippen LogP contribution in [0.2, 0.25) is 0 Å². The summed E-state index contributed by atoms with van der Waals surface area (Å²) in [4.78, 5) is 14.5. The molecular weight excluding hydrogens is 228 g/mol. The molecule has 0 bridgehead atoms. The summed E-state index contributed by atoms with van der Waals surface area (Å²) in [5.74, 6) is -0.331. The summed E-state index contributed by atoms with van der Waals surface area (Å²) in [5.41, 5.74) is 2.76. The van der Waals surface area contributed by atoms with Crippen LogP contribution in [0.4, 0.5) is 5.69 Å². The monoisotopic (exact) mass is 244 g/mol. The Morgan fingerprint density at radius 1 is 1.44 bits per heavy atom. The predicted molar refractivity (Wildman–Crippen MR) is 72.3 cm³/mol. The number of hydrogen-bond acceptors (Lipinski definition) is 3. The highest BCUT2D eigenvalue weighted by Crippen LogP contribution is 2.23. The average Bonchev–Trinajstić information content (AvgIpc) is 2.73. The third-order valence-corrected chi connectivity index (χ3v) is 2.54. The standard InChI is InChI=1S/C14H16N2O2/c1-3-18-14(17)8-10(2)16-13-9-15-12-7-5-4-6-11(12)13/h4-9,15-16H,3H2,1-2H3/b10-8+. The number of aromatic nitrogens is 1. The Hall–Kier alpha value is -2.23. The Morgan fingerprint density at radius 2 is 2.22 bits per heavy atom. The molecule has 0 fully saturated rings. The van der Waals surface area contributed by atoms with E-state index in [2.05, 4.69) is 10.3 Å². The first kappa shape index (κ1) is 12.2. The van der Waals surface area contributed by atoms with Crippen LogP contribution in [0.1, 0.15) is 13.8 Å². The van der Waals surface area contributed by atoms with E-state index in [1.165, 1.54) is 6.08 Å².